The highest BCUT2D eigenvalue weighted by molar-refractivity contribution is 5.93. The number of likely N-dealkylation sites (tertiary alicyclic amines) is 1. The first-order valence-electron chi connectivity index (χ1n) is 8.95. The van der Waals surface area contributed by atoms with Gasteiger partial charge in [0.2, 0.25) is 11.8 Å². The Hall–Kier alpha value is -2.82. The summed E-state index contributed by atoms with van der Waals surface area (Å²) in [4.78, 5) is 25.7. The highest BCUT2D eigenvalue weighted by Crippen LogP contribution is 2.21. The van der Waals surface area contributed by atoms with E-state index in [-0.39, 0.29) is 17.7 Å². The van der Waals surface area contributed by atoms with Crippen molar-refractivity contribution >= 4 is 17.5 Å². The van der Waals surface area contributed by atoms with Crippen molar-refractivity contribution in [3.63, 3.8) is 0 Å². The fraction of sp³-hybridized carbons (Fsp3) is 0.333. The van der Waals surface area contributed by atoms with Gasteiger partial charge in [-0.3, -0.25) is 9.59 Å². The lowest BCUT2D eigenvalue weighted by Crippen LogP contribution is -2.42. The number of amides is 2. The molecule has 1 heterocycles. The van der Waals surface area contributed by atoms with Crippen molar-refractivity contribution in [1.29, 1.82) is 0 Å². The largest absolute Gasteiger partial charge is 0.489 e. The Labute approximate surface area is 154 Å². The van der Waals surface area contributed by atoms with Crippen LogP contribution in [0.2, 0.25) is 0 Å². The molecule has 136 valence electrons. The second kappa shape index (κ2) is 8.52. The summed E-state index contributed by atoms with van der Waals surface area (Å²) in [6.07, 6.45) is 1.68. The van der Waals surface area contributed by atoms with Gasteiger partial charge in [0.25, 0.3) is 0 Å². The molecule has 0 saturated carbocycles. The number of anilines is 1. The van der Waals surface area contributed by atoms with E-state index in [1.54, 1.807) is 11.8 Å². The Balaban J connectivity index is 1.52. The minimum absolute atomic E-state index is 0.0300. The van der Waals surface area contributed by atoms with Crippen molar-refractivity contribution in [1.82, 2.24) is 4.90 Å². The minimum Gasteiger partial charge on any atom is -0.489 e. The Morgan fingerprint density at radius 1 is 1.12 bits per heavy atom. The molecule has 26 heavy (non-hydrogen) atoms. The van der Waals surface area contributed by atoms with E-state index in [2.05, 4.69) is 5.32 Å². The normalized spacial score (nSPS) is 16.8. The van der Waals surface area contributed by atoms with Crippen LogP contribution in [-0.4, -0.2) is 29.8 Å². The molecule has 2 aromatic rings. The van der Waals surface area contributed by atoms with Crippen LogP contribution < -0.4 is 10.1 Å². The van der Waals surface area contributed by atoms with Gasteiger partial charge >= 0.3 is 0 Å². The van der Waals surface area contributed by atoms with Crippen LogP contribution in [0.25, 0.3) is 0 Å². The Morgan fingerprint density at radius 2 is 1.85 bits per heavy atom. The SMILES string of the molecule is CC(=O)N1CCC[C@H](C(=O)Nc2ccc(OCc3ccccc3)cc2)C1. The van der Waals surface area contributed by atoms with Crippen LogP contribution in [-0.2, 0) is 16.2 Å². The number of piperidine rings is 1. The van der Waals surface area contributed by atoms with Crippen LogP contribution in [0.4, 0.5) is 5.69 Å². The number of benzene rings is 2. The standard InChI is InChI=1S/C21H24N2O3/c1-16(24)23-13-5-8-18(14-23)21(25)22-19-9-11-20(12-10-19)26-15-17-6-3-2-4-7-17/h2-4,6-7,9-12,18H,5,8,13-15H2,1H3,(H,22,25)/t18-/m0/s1. The monoisotopic (exact) mass is 352 g/mol. The molecule has 0 aliphatic carbocycles. The lowest BCUT2D eigenvalue weighted by atomic mass is 9.97. The Kier molecular flexibility index (Phi) is 5.89. The molecule has 1 saturated heterocycles. The van der Waals surface area contributed by atoms with Crippen molar-refractivity contribution in [2.24, 2.45) is 5.92 Å². The van der Waals surface area contributed by atoms with Crippen LogP contribution >= 0.6 is 0 Å². The molecule has 1 N–H and O–H groups in total. The fourth-order valence-electron chi connectivity index (χ4n) is 3.10. The Bertz CT molecular complexity index is 744. The zero-order valence-electron chi connectivity index (χ0n) is 15.0. The summed E-state index contributed by atoms with van der Waals surface area (Å²) in [6.45, 7) is 3.30. The van der Waals surface area contributed by atoms with E-state index in [0.29, 0.717) is 13.2 Å². The molecule has 5 heteroatoms. The third kappa shape index (κ3) is 4.85. The van der Waals surface area contributed by atoms with Crippen LogP contribution in [0, 0.1) is 5.92 Å². The molecule has 1 fully saturated rings. The third-order valence-corrected chi connectivity index (χ3v) is 4.61. The molecule has 0 unspecified atom stereocenters. The zero-order chi connectivity index (χ0) is 18.4. The maximum absolute atomic E-state index is 12.5. The maximum atomic E-state index is 12.5. The number of carbonyl (C=O) groups excluding carboxylic acids is 2. The first-order chi connectivity index (χ1) is 12.6. The fourth-order valence-corrected chi connectivity index (χ4v) is 3.10. The van der Waals surface area contributed by atoms with Gasteiger partial charge in [0.1, 0.15) is 12.4 Å². The number of rotatable bonds is 5. The Morgan fingerprint density at radius 3 is 2.54 bits per heavy atom. The van der Waals surface area contributed by atoms with E-state index in [1.807, 2.05) is 54.6 Å². The molecule has 0 radical (unpaired) electrons. The van der Waals surface area contributed by atoms with Crippen molar-refractivity contribution < 1.29 is 14.3 Å². The van der Waals surface area contributed by atoms with Gasteiger partial charge in [-0.05, 0) is 42.7 Å². The van der Waals surface area contributed by atoms with E-state index in [9.17, 15) is 9.59 Å². The predicted molar refractivity (Wildman–Crippen MR) is 101 cm³/mol. The summed E-state index contributed by atoms with van der Waals surface area (Å²) in [5.41, 5.74) is 1.85. The highest BCUT2D eigenvalue weighted by Gasteiger charge is 2.26. The molecular formula is C21H24N2O3. The van der Waals surface area contributed by atoms with Crippen LogP contribution in [0.15, 0.2) is 54.6 Å². The lowest BCUT2D eigenvalue weighted by Gasteiger charge is -2.31. The molecule has 1 atom stereocenters. The second-order valence-electron chi connectivity index (χ2n) is 6.59. The van der Waals surface area contributed by atoms with Gasteiger partial charge in [0.15, 0.2) is 0 Å². The van der Waals surface area contributed by atoms with E-state index >= 15 is 0 Å². The van der Waals surface area contributed by atoms with Crippen LogP contribution in [0.3, 0.4) is 0 Å². The van der Waals surface area contributed by atoms with E-state index in [4.69, 9.17) is 4.74 Å². The van der Waals surface area contributed by atoms with E-state index in [0.717, 1.165) is 36.4 Å². The number of hydrogen-bond acceptors (Lipinski definition) is 3. The molecule has 0 spiro atoms. The number of nitrogens with zero attached hydrogens (tertiary/aromatic N) is 1. The van der Waals surface area contributed by atoms with Gasteiger partial charge < -0.3 is 15.0 Å². The van der Waals surface area contributed by atoms with Crippen LogP contribution in [0.1, 0.15) is 25.3 Å². The molecule has 2 aromatic carbocycles. The first kappa shape index (κ1) is 18.0. The topological polar surface area (TPSA) is 58.6 Å². The summed E-state index contributed by atoms with van der Waals surface area (Å²) in [7, 11) is 0. The maximum Gasteiger partial charge on any atom is 0.229 e. The van der Waals surface area contributed by atoms with Gasteiger partial charge in [0, 0.05) is 25.7 Å². The van der Waals surface area contributed by atoms with E-state index < -0.39 is 0 Å². The molecule has 2 amide bonds. The minimum atomic E-state index is -0.151. The lowest BCUT2D eigenvalue weighted by molar-refractivity contribution is -0.132. The molecule has 1 aliphatic heterocycles. The number of hydrogen-bond donors (Lipinski definition) is 1. The number of carbonyl (C=O) groups is 2. The van der Waals surface area contributed by atoms with Gasteiger partial charge in [0.05, 0.1) is 5.92 Å². The molecule has 0 aromatic heterocycles. The quantitative estimate of drug-likeness (QED) is 0.896. The summed E-state index contributed by atoms with van der Waals surface area (Å²) in [5.74, 6) is 0.602. The average molecular weight is 352 g/mol. The molecular weight excluding hydrogens is 328 g/mol. The number of ether oxygens (including phenoxy) is 1. The third-order valence-electron chi connectivity index (χ3n) is 4.61. The van der Waals surface area contributed by atoms with Crippen LogP contribution in [0.5, 0.6) is 5.75 Å². The van der Waals surface area contributed by atoms with Gasteiger partial charge in [-0.25, -0.2) is 0 Å². The average Bonchev–Trinajstić information content (AvgIpc) is 2.68. The summed E-state index contributed by atoms with van der Waals surface area (Å²) >= 11 is 0. The molecule has 0 bridgehead atoms. The first-order valence-corrected chi connectivity index (χ1v) is 8.95. The van der Waals surface area contributed by atoms with E-state index in [1.165, 1.54) is 0 Å². The van der Waals surface area contributed by atoms with Crippen molar-refractivity contribution in [3.05, 3.63) is 60.2 Å². The van der Waals surface area contributed by atoms with Crippen molar-refractivity contribution in [3.8, 4) is 5.75 Å². The number of nitrogens with one attached hydrogen (secondary N) is 1. The molecule has 3 rings (SSSR count). The van der Waals surface area contributed by atoms with Crippen molar-refractivity contribution in [2.75, 3.05) is 18.4 Å². The zero-order valence-corrected chi connectivity index (χ0v) is 15.0. The summed E-state index contributed by atoms with van der Waals surface area (Å²) < 4.78 is 5.75. The summed E-state index contributed by atoms with van der Waals surface area (Å²) in [6, 6.07) is 17.3. The smallest absolute Gasteiger partial charge is 0.229 e. The summed E-state index contributed by atoms with van der Waals surface area (Å²) in [5, 5.41) is 2.94. The highest BCUT2D eigenvalue weighted by atomic mass is 16.5. The molecule has 1 aliphatic rings. The van der Waals surface area contributed by atoms with Gasteiger partial charge in [-0.1, -0.05) is 30.3 Å². The predicted octanol–water partition coefficient (Wildman–Crippen LogP) is 3.46. The second-order valence-corrected chi connectivity index (χ2v) is 6.59. The van der Waals surface area contributed by atoms with Gasteiger partial charge in [-0.15, -0.1) is 0 Å². The van der Waals surface area contributed by atoms with Crippen molar-refractivity contribution in [2.45, 2.75) is 26.4 Å². The molecule has 5 nitrogen and oxygen atoms in total. The van der Waals surface area contributed by atoms with Gasteiger partial charge in [-0.2, -0.15) is 0 Å².